The van der Waals surface area contributed by atoms with Gasteiger partial charge in [-0.1, -0.05) is 66.2 Å². The Hall–Kier alpha value is -3.21. The summed E-state index contributed by atoms with van der Waals surface area (Å²) in [6, 6.07) is 18.2. The van der Waals surface area contributed by atoms with E-state index in [0.29, 0.717) is 24.0 Å². The Balaban J connectivity index is 1.74. The topological polar surface area (TPSA) is 72.5 Å². The molecule has 2 aromatic rings. The summed E-state index contributed by atoms with van der Waals surface area (Å²) >= 11 is 0. The lowest BCUT2D eigenvalue weighted by Gasteiger charge is -2.05. The minimum Gasteiger partial charge on any atom is -0.444 e. The molecule has 26 heavy (non-hydrogen) atoms. The predicted molar refractivity (Wildman–Crippen MR) is 98.5 cm³/mol. The van der Waals surface area contributed by atoms with Crippen LogP contribution >= 0.6 is 0 Å². The summed E-state index contributed by atoms with van der Waals surface area (Å²) in [6.45, 7) is 1.83. The van der Waals surface area contributed by atoms with E-state index in [0.717, 1.165) is 5.56 Å². The highest BCUT2D eigenvalue weighted by atomic mass is 16.5. The number of hydrogen-bond acceptors (Lipinski definition) is 4. The van der Waals surface area contributed by atoms with Crippen molar-refractivity contribution in [3.05, 3.63) is 83.4 Å². The average Bonchev–Trinajstić information content (AvgIpc) is 2.66. The standard InChI is InChI=1S/C21H21NO4/c1-16(12-13-19(23)18-10-6-3-7-11-18)14-20(24)22-21(25)26-15-17-8-4-2-5-9-17/h2-11,14H,12-13,15H2,1H3,(H,22,24,25)/b16-14-. The number of carbonyl (C=O) groups is 3. The molecule has 0 bridgehead atoms. The Labute approximate surface area is 152 Å². The van der Waals surface area contributed by atoms with Crippen molar-refractivity contribution in [1.29, 1.82) is 0 Å². The highest BCUT2D eigenvalue weighted by molar-refractivity contribution is 5.99. The van der Waals surface area contributed by atoms with E-state index in [1.165, 1.54) is 6.08 Å². The molecule has 1 N–H and O–H groups in total. The zero-order chi connectivity index (χ0) is 18.8. The van der Waals surface area contributed by atoms with Crippen LogP contribution in [0.5, 0.6) is 0 Å². The number of Topliss-reactive ketones (excluding diaryl/α,β-unsaturated/α-hetero) is 1. The van der Waals surface area contributed by atoms with Gasteiger partial charge in [0, 0.05) is 18.1 Å². The van der Waals surface area contributed by atoms with E-state index >= 15 is 0 Å². The number of ketones is 1. The minimum absolute atomic E-state index is 0.0148. The maximum absolute atomic E-state index is 12.0. The molecule has 0 aromatic heterocycles. The van der Waals surface area contributed by atoms with Crippen LogP contribution in [0.2, 0.25) is 0 Å². The van der Waals surface area contributed by atoms with Crippen molar-refractivity contribution >= 4 is 17.8 Å². The van der Waals surface area contributed by atoms with Gasteiger partial charge in [0.05, 0.1) is 0 Å². The van der Waals surface area contributed by atoms with Crippen LogP contribution in [0.3, 0.4) is 0 Å². The number of hydrogen-bond donors (Lipinski definition) is 1. The van der Waals surface area contributed by atoms with Crippen LogP contribution in [-0.2, 0) is 16.1 Å². The van der Waals surface area contributed by atoms with Gasteiger partial charge in [-0.15, -0.1) is 0 Å². The molecule has 0 saturated carbocycles. The first-order chi connectivity index (χ1) is 12.5. The van der Waals surface area contributed by atoms with Gasteiger partial charge in [-0.25, -0.2) is 4.79 Å². The van der Waals surface area contributed by atoms with Crippen molar-refractivity contribution in [3.63, 3.8) is 0 Å². The second-order valence-electron chi connectivity index (χ2n) is 5.83. The lowest BCUT2D eigenvalue weighted by atomic mass is 10.0. The van der Waals surface area contributed by atoms with Crippen molar-refractivity contribution < 1.29 is 19.1 Å². The van der Waals surface area contributed by atoms with Crippen LogP contribution in [0.25, 0.3) is 0 Å². The molecule has 0 aliphatic carbocycles. The van der Waals surface area contributed by atoms with Gasteiger partial charge in [0.2, 0.25) is 0 Å². The molecular formula is C21H21NO4. The molecule has 5 heteroatoms. The summed E-state index contributed by atoms with van der Waals surface area (Å²) in [4.78, 5) is 35.5. The SMILES string of the molecule is C/C(=C/C(=O)NC(=O)OCc1ccccc1)CCC(=O)c1ccccc1. The molecule has 2 aromatic carbocycles. The van der Waals surface area contributed by atoms with Crippen molar-refractivity contribution in [3.8, 4) is 0 Å². The van der Waals surface area contributed by atoms with Gasteiger partial charge in [-0.05, 0) is 18.9 Å². The van der Waals surface area contributed by atoms with Crippen LogP contribution in [-0.4, -0.2) is 17.8 Å². The molecule has 5 nitrogen and oxygen atoms in total. The second-order valence-corrected chi connectivity index (χ2v) is 5.83. The molecule has 0 fully saturated rings. The summed E-state index contributed by atoms with van der Waals surface area (Å²) < 4.78 is 4.98. The molecule has 2 amide bonds. The van der Waals surface area contributed by atoms with Crippen LogP contribution in [0.15, 0.2) is 72.3 Å². The van der Waals surface area contributed by atoms with Crippen molar-refractivity contribution in [1.82, 2.24) is 5.32 Å². The maximum atomic E-state index is 12.0. The third-order valence-corrected chi connectivity index (χ3v) is 3.66. The van der Waals surface area contributed by atoms with Crippen molar-refractivity contribution in [2.75, 3.05) is 0 Å². The van der Waals surface area contributed by atoms with E-state index in [1.54, 1.807) is 19.1 Å². The fourth-order valence-corrected chi connectivity index (χ4v) is 2.27. The normalized spacial score (nSPS) is 10.9. The van der Waals surface area contributed by atoms with E-state index in [9.17, 15) is 14.4 Å². The molecule has 134 valence electrons. The first-order valence-corrected chi connectivity index (χ1v) is 8.31. The number of benzene rings is 2. The van der Waals surface area contributed by atoms with Crippen LogP contribution in [0, 0.1) is 0 Å². The summed E-state index contributed by atoms with van der Waals surface area (Å²) in [7, 11) is 0. The van der Waals surface area contributed by atoms with E-state index in [2.05, 4.69) is 5.32 Å². The second kappa shape index (κ2) is 9.93. The van der Waals surface area contributed by atoms with Gasteiger partial charge in [-0.2, -0.15) is 0 Å². The highest BCUT2D eigenvalue weighted by Gasteiger charge is 2.09. The Bertz CT molecular complexity index is 782. The highest BCUT2D eigenvalue weighted by Crippen LogP contribution is 2.10. The Morgan fingerprint density at radius 3 is 2.19 bits per heavy atom. The van der Waals surface area contributed by atoms with Gasteiger partial charge in [0.1, 0.15) is 6.61 Å². The van der Waals surface area contributed by atoms with Crippen LogP contribution in [0.4, 0.5) is 4.79 Å². The molecule has 0 radical (unpaired) electrons. The fourth-order valence-electron chi connectivity index (χ4n) is 2.27. The number of amides is 2. The molecule has 0 saturated heterocycles. The van der Waals surface area contributed by atoms with Crippen molar-refractivity contribution in [2.24, 2.45) is 0 Å². The molecule has 0 aliphatic rings. The Morgan fingerprint density at radius 1 is 0.923 bits per heavy atom. The fraction of sp³-hybridized carbons (Fsp3) is 0.190. The number of alkyl carbamates (subject to hydrolysis) is 1. The number of ether oxygens (including phenoxy) is 1. The Morgan fingerprint density at radius 2 is 1.54 bits per heavy atom. The first-order valence-electron chi connectivity index (χ1n) is 8.31. The zero-order valence-electron chi connectivity index (χ0n) is 14.6. The third-order valence-electron chi connectivity index (χ3n) is 3.66. The van der Waals surface area contributed by atoms with E-state index in [1.807, 2.05) is 48.5 Å². The number of rotatable bonds is 7. The van der Waals surface area contributed by atoms with Gasteiger partial charge in [-0.3, -0.25) is 14.9 Å². The third kappa shape index (κ3) is 6.73. The molecule has 0 spiro atoms. The molecule has 0 atom stereocenters. The van der Waals surface area contributed by atoms with E-state index in [4.69, 9.17) is 4.74 Å². The maximum Gasteiger partial charge on any atom is 0.414 e. The van der Waals surface area contributed by atoms with Gasteiger partial charge in [0.15, 0.2) is 5.78 Å². The zero-order valence-corrected chi connectivity index (χ0v) is 14.6. The monoisotopic (exact) mass is 351 g/mol. The van der Waals surface area contributed by atoms with Crippen molar-refractivity contribution in [2.45, 2.75) is 26.4 Å². The number of allylic oxidation sites excluding steroid dienone is 1. The average molecular weight is 351 g/mol. The number of imide groups is 1. The summed E-state index contributed by atoms with van der Waals surface area (Å²) in [6.07, 6.45) is 1.25. The lowest BCUT2D eigenvalue weighted by molar-refractivity contribution is -0.116. The first kappa shape index (κ1) is 19.1. The van der Waals surface area contributed by atoms with E-state index in [-0.39, 0.29) is 12.4 Å². The lowest BCUT2D eigenvalue weighted by Crippen LogP contribution is -2.29. The smallest absolute Gasteiger partial charge is 0.414 e. The van der Waals surface area contributed by atoms with Gasteiger partial charge >= 0.3 is 6.09 Å². The molecule has 2 rings (SSSR count). The Kier molecular flexibility index (Phi) is 7.31. The quantitative estimate of drug-likeness (QED) is 0.603. The molecule has 0 unspecified atom stereocenters. The number of nitrogens with one attached hydrogen (secondary N) is 1. The number of carbonyl (C=O) groups excluding carboxylic acids is 3. The van der Waals surface area contributed by atoms with Crippen LogP contribution < -0.4 is 5.32 Å². The van der Waals surface area contributed by atoms with Gasteiger partial charge in [0.25, 0.3) is 5.91 Å². The summed E-state index contributed by atoms with van der Waals surface area (Å²) in [5.41, 5.74) is 2.19. The minimum atomic E-state index is -0.803. The molecule has 0 heterocycles. The predicted octanol–water partition coefficient (Wildman–Crippen LogP) is 4.05. The van der Waals surface area contributed by atoms with Crippen LogP contribution in [0.1, 0.15) is 35.7 Å². The molecular weight excluding hydrogens is 330 g/mol. The summed E-state index contributed by atoms with van der Waals surface area (Å²) in [5, 5.41) is 2.14. The molecule has 0 aliphatic heterocycles. The summed E-state index contributed by atoms with van der Waals surface area (Å²) in [5.74, 6) is -0.547. The van der Waals surface area contributed by atoms with Gasteiger partial charge < -0.3 is 4.74 Å². The van der Waals surface area contributed by atoms with E-state index < -0.39 is 12.0 Å². The largest absolute Gasteiger partial charge is 0.444 e.